The third kappa shape index (κ3) is 13.9. The molecule has 0 bridgehead atoms. The molecule has 2 aliphatic rings. The fourth-order valence-corrected chi connectivity index (χ4v) is 5.64. The molecule has 0 saturated carbocycles. The number of hydrogen-bond acceptors (Lipinski definition) is 12. The molecule has 2 aromatic carbocycles. The molecular formula is C38H49ClF3N9O5. The van der Waals surface area contributed by atoms with E-state index in [1.165, 1.54) is 29.1 Å². The molecule has 304 valence electrons. The Kier molecular flexibility index (Phi) is 19.5. The lowest BCUT2D eigenvalue weighted by atomic mass is 9.97. The lowest BCUT2D eigenvalue weighted by Crippen LogP contribution is -2.49. The topological polar surface area (TPSA) is 179 Å². The van der Waals surface area contributed by atoms with Gasteiger partial charge in [0.05, 0.1) is 36.7 Å². The number of allylic oxidation sites excluding steroid dienone is 2. The Bertz CT molecular complexity index is 1820. The molecule has 5 rings (SSSR count). The van der Waals surface area contributed by atoms with Crippen LogP contribution in [0.15, 0.2) is 64.2 Å². The molecular weight excluding hydrogens is 755 g/mol. The van der Waals surface area contributed by atoms with Crippen LogP contribution in [0.25, 0.3) is 0 Å². The molecule has 4 N–H and O–H groups in total. The van der Waals surface area contributed by atoms with Gasteiger partial charge in [0.15, 0.2) is 17.7 Å². The normalized spacial score (nSPS) is 13.7. The standard InChI is InChI=1S/C18H27N7O3.C11H13NO.C8H6ClF3.CH3NO/c1-5-14(22-12-23(4)19-3)15(10-26)24-6-8-25(9-7-24)18(28)16-17(27)13(2)20-11-21-16;1-12-7-9-3-2-4-10-8-13-6-5-11(9)10;1-5-2-3-6(4-7(5)9)8(10,11)12;2-1-3/h10-11,22,27H,3,5-9,12H2,1-2,4H3;2-4H,1,5-8H2;2-4H,1H3;1H,(H2,2,3)/b15-14+;;;. The first-order valence-electron chi connectivity index (χ1n) is 17.4. The van der Waals surface area contributed by atoms with E-state index < -0.39 is 11.7 Å². The van der Waals surface area contributed by atoms with Crippen LogP contribution < -0.4 is 11.1 Å². The number of ether oxygens (including phenoxy) is 1. The second kappa shape index (κ2) is 23.4. The van der Waals surface area contributed by atoms with Crippen LogP contribution in [0.3, 0.4) is 0 Å². The van der Waals surface area contributed by atoms with Gasteiger partial charge in [-0.25, -0.2) is 9.97 Å². The molecule has 56 heavy (non-hydrogen) atoms. The minimum absolute atomic E-state index is 0.00276. The van der Waals surface area contributed by atoms with Crippen LogP contribution in [0.5, 0.6) is 5.75 Å². The van der Waals surface area contributed by atoms with Crippen molar-refractivity contribution in [3.63, 3.8) is 0 Å². The van der Waals surface area contributed by atoms with Gasteiger partial charge in [0, 0.05) is 50.7 Å². The van der Waals surface area contributed by atoms with Gasteiger partial charge in [-0.15, -0.1) is 0 Å². The molecule has 18 heteroatoms. The molecule has 0 unspecified atom stereocenters. The van der Waals surface area contributed by atoms with Crippen molar-refractivity contribution in [2.75, 3.05) is 46.5 Å². The monoisotopic (exact) mass is 803 g/mol. The van der Waals surface area contributed by atoms with Crippen LogP contribution in [0.1, 0.15) is 57.3 Å². The Morgan fingerprint density at radius 1 is 1.12 bits per heavy atom. The first kappa shape index (κ1) is 46.6. The number of alkyl halides is 3. The van der Waals surface area contributed by atoms with E-state index in [2.05, 4.69) is 62.7 Å². The molecule has 3 aromatic rings. The van der Waals surface area contributed by atoms with E-state index in [9.17, 15) is 27.9 Å². The largest absolute Gasteiger partial charge is 0.504 e. The van der Waals surface area contributed by atoms with Gasteiger partial charge in [-0.1, -0.05) is 42.8 Å². The molecule has 1 aromatic heterocycles. The number of aromatic hydroxyl groups is 1. The number of fused-ring (bicyclic) bond motifs is 1. The number of hydrazone groups is 1. The highest BCUT2D eigenvalue weighted by atomic mass is 35.5. The number of piperazine rings is 1. The Morgan fingerprint density at radius 2 is 1.79 bits per heavy atom. The van der Waals surface area contributed by atoms with Crippen LogP contribution in [0, 0.1) is 13.8 Å². The minimum Gasteiger partial charge on any atom is -0.504 e. The lowest BCUT2D eigenvalue weighted by molar-refractivity contribution is -0.137. The number of nitrogens with zero attached hydrogens (tertiary/aromatic N) is 7. The molecule has 3 heterocycles. The maximum atomic E-state index is 12.7. The van der Waals surface area contributed by atoms with Gasteiger partial charge in [-0.2, -0.15) is 18.3 Å². The van der Waals surface area contributed by atoms with Gasteiger partial charge in [0.1, 0.15) is 13.0 Å². The fourth-order valence-electron chi connectivity index (χ4n) is 5.45. The highest BCUT2D eigenvalue weighted by Gasteiger charge is 2.30. The Morgan fingerprint density at radius 3 is 2.36 bits per heavy atom. The molecule has 0 atom stereocenters. The van der Waals surface area contributed by atoms with E-state index in [1.54, 1.807) is 30.8 Å². The van der Waals surface area contributed by atoms with Gasteiger partial charge in [0.25, 0.3) is 5.91 Å². The lowest BCUT2D eigenvalue weighted by Gasteiger charge is -2.36. The number of aliphatic imine (C=N–C) groups is 1. The van der Waals surface area contributed by atoms with Crippen LogP contribution in [0.4, 0.5) is 13.2 Å². The zero-order valence-corrected chi connectivity index (χ0v) is 32.7. The van der Waals surface area contributed by atoms with Crippen molar-refractivity contribution >= 4 is 43.6 Å². The van der Waals surface area contributed by atoms with E-state index in [1.807, 2.05) is 11.8 Å². The predicted octanol–water partition coefficient (Wildman–Crippen LogP) is 4.89. The summed E-state index contributed by atoms with van der Waals surface area (Å²) >= 11 is 5.52. The number of nitrogens with two attached hydrogens (primary N) is 1. The molecule has 1 saturated heterocycles. The number of aromatic nitrogens is 2. The number of halogens is 4. The Labute approximate surface area is 329 Å². The summed E-state index contributed by atoms with van der Waals surface area (Å²) in [7, 11) is 1.78. The van der Waals surface area contributed by atoms with E-state index in [0.29, 0.717) is 56.2 Å². The molecule has 0 radical (unpaired) electrons. The number of aryl methyl sites for hydroxylation is 2. The second-order valence-corrected chi connectivity index (χ2v) is 12.6. The van der Waals surface area contributed by atoms with Crippen LogP contribution >= 0.6 is 11.6 Å². The number of benzene rings is 2. The summed E-state index contributed by atoms with van der Waals surface area (Å²) in [5.74, 6) is -0.535. The molecule has 1 fully saturated rings. The fraction of sp³-hybridized carbons (Fsp3) is 0.395. The minimum atomic E-state index is -4.31. The third-order valence-electron chi connectivity index (χ3n) is 8.56. The number of hydrogen-bond donors (Lipinski definition) is 3. The van der Waals surface area contributed by atoms with Crippen LogP contribution in [-0.2, 0) is 40.1 Å². The molecule has 2 amide bonds. The van der Waals surface area contributed by atoms with Crippen molar-refractivity contribution in [3.8, 4) is 5.75 Å². The average molecular weight is 804 g/mol. The first-order valence-corrected chi connectivity index (χ1v) is 17.8. The third-order valence-corrected chi connectivity index (χ3v) is 8.96. The van der Waals surface area contributed by atoms with Crippen molar-refractivity contribution in [3.05, 3.63) is 98.3 Å². The Balaban J connectivity index is 0.000000318. The van der Waals surface area contributed by atoms with Crippen molar-refractivity contribution in [2.24, 2.45) is 15.8 Å². The summed E-state index contributed by atoms with van der Waals surface area (Å²) < 4.78 is 41.5. The summed E-state index contributed by atoms with van der Waals surface area (Å²) in [5, 5.41) is 18.8. The maximum Gasteiger partial charge on any atom is 0.416 e. The van der Waals surface area contributed by atoms with E-state index in [-0.39, 0.29) is 28.8 Å². The van der Waals surface area contributed by atoms with Crippen molar-refractivity contribution in [1.82, 2.24) is 30.1 Å². The van der Waals surface area contributed by atoms with Gasteiger partial charge in [0.2, 0.25) is 6.41 Å². The van der Waals surface area contributed by atoms with Gasteiger partial charge < -0.3 is 30.7 Å². The van der Waals surface area contributed by atoms with E-state index >= 15 is 0 Å². The SMILES string of the molecule is C=NCc1cccc2c1CCOC2.C=NN(C)CN/C(CC)=C(\C=O)N1CCN(C(=O)c2ncnc(C)c2O)CC1.Cc1ccc(C(F)(F)F)cc1Cl.NC=O. The maximum absolute atomic E-state index is 12.7. The summed E-state index contributed by atoms with van der Waals surface area (Å²) in [4.78, 5) is 48.2. The quantitative estimate of drug-likeness (QED) is 0.0841. The second-order valence-electron chi connectivity index (χ2n) is 12.2. The van der Waals surface area contributed by atoms with E-state index in [0.717, 1.165) is 50.3 Å². The van der Waals surface area contributed by atoms with Crippen molar-refractivity contribution in [2.45, 2.75) is 52.9 Å². The average Bonchev–Trinajstić information content (AvgIpc) is 3.19. The van der Waals surface area contributed by atoms with Crippen LogP contribution in [-0.4, -0.2) is 108 Å². The van der Waals surface area contributed by atoms with Gasteiger partial charge in [-0.05, 0) is 67.8 Å². The molecule has 14 nitrogen and oxygen atoms in total. The first-order chi connectivity index (χ1) is 26.7. The van der Waals surface area contributed by atoms with Gasteiger partial charge >= 0.3 is 6.18 Å². The highest BCUT2D eigenvalue weighted by Crippen LogP contribution is 2.31. The number of aldehydes is 1. The summed E-state index contributed by atoms with van der Waals surface area (Å²) in [6.07, 6.45) is -0.283. The predicted molar refractivity (Wildman–Crippen MR) is 209 cm³/mol. The zero-order valence-electron chi connectivity index (χ0n) is 32.0. The number of carbonyl (C=O) groups excluding carboxylic acids is 3. The van der Waals surface area contributed by atoms with Gasteiger partial charge in [-0.3, -0.25) is 24.4 Å². The van der Waals surface area contributed by atoms with Crippen molar-refractivity contribution in [1.29, 1.82) is 0 Å². The zero-order chi connectivity index (χ0) is 41.8. The highest BCUT2D eigenvalue weighted by molar-refractivity contribution is 6.31. The number of primary amides is 1. The van der Waals surface area contributed by atoms with Crippen LogP contribution in [0.2, 0.25) is 5.02 Å². The molecule has 0 spiro atoms. The molecule has 0 aliphatic carbocycles. The van der Waals surface area contributed by atoms with Crippen molar-refractivity contribution < 1.29 is 37.4 Å². The smallest absolute Gasteiger partial charge is 0.416 e. The number of amides is 2. The van der Waals surface area contributed by atoms with E-state index in [4.69, 9.17) is 21.1 Å². The number of carbonyl (C=O) groups is 3. The summed E-state index contributed by atoms with van der Waals surface area (Å²) in [5.41, 5.74) is 9.89. The summed E-state index contributed by atoms with van der Waals surface area (Å²) in [6, 6.07) is 9.61. The summed E-state index contributed by atoms with van der Waals surface area (Å²) in [6.45, 7) is 16.8. The Hall–Kier alpha value is -5.55. The number of rotatable bonds is 10. The molecule has 2 aliphatic heterocycles. The number of nitrogens with one attached hydrogen (secondary N) is 1.